The molecule has 0 aliphatic rings. The van der Waals surface area contributed by atoms with Crippen LogP contribution in [0.5, 0.6) is 5.75 Å². The van der Waals surface area contributed by atoms with Crippen LogP contribution < -0.4 is 10.5 Å². The highest BCUT2D eigenvalue weighted by molar-refractivity contribution is 7.90. The van der Waals surface area contributed by atoms with Gasteiger partial charge in [-0.3, -0.25) is 0 Å². The van der Waals surface area contributed by atoms with Gasteiger partial charge in [-0.2, -0.15) is 0 Å². The largest absolute Gasteiger partial charge is 0.497 e. The average molecular weight is 291 g/mol. The van der Waals surface area contributed by atoms with E-state index in [9.17, 15) is 8.42 Å². The van der Waals surface area contributed by atoms with Crippen molar-refractivity contribution in [3.8, 4) is 5.75 Å². The normalized spacial score (nSPS) is 11.3. The predicted octanol–water partition coefficient (Wildman–Crippen LogP) is 2.56. The molecule has 0 bridgehead atoms. The Morgan fingerprint density at radius 1 is 1.10 bits per heavy atom. The van der Waals surface area contributed by atoms with Crippen LogP contribution in [0.4, 0.5) is 5.69 Å². The van der Waals surface area contributed by atoms with Crippen LogP contribution in [-0.2, 0) is 15.6 Å². The number of rotatable bonds is 4. The molecule has 0 atom stereocenters. The number of sulfone groups is 1. The summed E-state index contributed by atoms with van der Waals surface area (Å²) in [7, 11) is -1.80. The van der Waals surface area contributed by atoms with Crippen molar-refractivity contribution in [2.24, 2.45) is 0 Å². The van der Waals surface area contributed by atoms with Crippen molar-refractivity contribution in [2.45, 2.75) is 17.6 Å². The summed E-state index contributed by atoms with van der Waals surface area (Å²) in [6.07, 6.45) is 0. The minimum Gasteiger partial charge on any atom is -0.497 e. The molecule has 0 fully saturated rings. The van der Waals surface area contributed by atoms with Gasteiger partial charge in [-0.15, -0.1) is 0 Å². The first-order valence-electron chi connectivity index (χ1n) is 6.14. The van der Waals surface area contributed by atoms with Crippen LogP contribution in [0.3, 0.4) is 0 Å². The van der Waals surface area contributed by atoms with Crippen molar-refractivity contribution in [3.05, 3.63) is 53.6 Å². The minimum atomic E-state index is -3.38. The second kappa shape index (κ2) is 5.54. The van der Waals surface area contributed by atoms with Gasteiger partial charge in [0.15, 0.2) is 9.84 Å². The Hall–Kier alpha value is -2.01. The van der Waals surface area contributed by atoms with Crippen LogP contribution in [-0.4, -0.2) is 15.5 Å². The van der Waals surface area contributed by atoms with Crippen molar-refractivity contribution in [1.82, 2.24) is 0 Å². The summed E-state index contributed by atoms with van der Waals surface area (Å²) in [6, 6.07) is 11.8. The summed E-state index contributed by atoms with van der Waals surface area (Å²) in [6.45, 7) is 1.75. The molecule has 106 valence electrons. The first-order chi connectivity index (χ1) is 9.42. The van der Waals surface area contributed by atoms with Crippen LogP contribution in [0.15, 0.2) is 47.4 Å². The Morgan fingerprint density at radius 3 is 2.30 bits per heavy atom. The second-order valence-electron chi connectivity index (χ2n) is 4.63. The second-order valence-corrected chi connectivity index (χ2v) is 6.59. The molecule has 0 unspecified atom stereocenters. The van der Waals surface area contributed by atoms with Gasteiger partial charge in [0.2, 0.25) is 0 Å². The molecule has 0 aliphatic heterocycles. The molecule has 4 nitrogen and oxygen atoms in total. The summed E-state index contributed by atoms with van der Waals surface area (Å²) in [4.78, 5) is 0.322. The highest BCUT2D eigenvalue weighted by Crippen LogP contribution is 2.23. The van der Waals surface area contributed by atoms with Crippen LogP contribution in [0.1, 0.15) is 11.1 Å². The number of nitrogens with two attached hydrogens (primary N) is 1. The lowest BCUT2D eigenvalue weighted by molar-refractivity contribution is 0.414. The van der Waals surface area contributed by atoms with E-state index in [1.807, 2.05) is 0 Å². The number of methoxy groups -OCH3 is 1. The number of benzene rings is 2. The number of hydrogen-bond acceptors (Lipinski definition) is 4. The van der Waals surface area contributed by atoms with E-state index < -0.39 is 9.84 Å². The Labute approximate surface area is 119 Å². The van der Waals surface area contributed by atoms with Gasteiger partial charge in [-0.05, 0) is 48.4 Å². The summed E-state index contributed by atoms with van der Waals surface area (Å²) in [5.74, 6) is 0.664. The summed E-state index contributed by atoms with van der Waals surface area (Å²) < 4.78 is 29.9. The minimum absolute atomic E-state index is 0.0399. The highest BCUT2D eigenvalue weighted by atomic mass is 32.2. The van der Waals surface area contributed by atoms with E-state index in [4.69, 9.17) is 10.5 Å². The van der Waals surface area contributed by atoms with E-state index in [2.05, 4.69) is 0 Å². The first kappa shape index (κ1) is 14.4. The van der Waals surface area contributed by atoms with Gasteiger partial charge in [0.05, 0.1) is 17.8 Å². The molecule has 0 amide bonds. The highest BCUT2D eigenvalue weighted by Gasteiger charge is 2.17. The molecule has 5 heteroatoms. The van der Waals surface area contributed by atoms with E-state index in [0.717, 1.165) is 5.56 Å². The van der Waals surface area contributed by atoms with Gasteiger partial charge in [-0.25, -0.2) is 8.42 Å². The molecule has 0 saturated heterocycles. The molecule has 0 aliphatic carbocycles. The number of aryl methyl sites for hydroxylation is 1. The van der Waals surface area contributed by atoms with Gasteiger partial charge in [-0.1, -0.05) is 12.1 Å². The first-order valence-corrected chi connectivity index (χ1v) is 7.79. The van der Waals surface area contributed by atoms with Crippen molar-refractivity contribution in [2.75, 3.05) is 12.8 Å². The molecular formula is C15H17NO3S. The summed E-state index contributed by atoms with van der Waals surface area (Å²) in [5, 5.41) is 0. The van der Waals surface area contributed by atoms with Gasteiger partial charge >= 0.3 is 0 Å². The van der Waals surface area contributed by atoms with Gasteiger partial charge in [0, 0.05) is 5.69 Å². The summed E-state index contributed by atoms with van der Waals surface area (Å²) >= 11 is 0. The molecular weight excluding hydrogens is 274 g/mol. The smallest absolute Gasteiger partial charge is 0.182 e. The molecule has 2 N–H and O–H groups in total. The third-order valence-corrected chi connectivity index (χ3v) is 4.89. The Balaban J connectivity index is 2.30. The summed E-state index contributed by atoms with van der Waals surface area (Å²) in [5.41, 5.74) is 7.60. The van der Waals surface area contributed by atoms with Crippen molar-refractivity contribution < 1.29 is 13.2 Å². The molecule has 0 saturated carbocycles. The number of hydrogen-bond donors (Lipinski definition) is 1. The lowest BCUT2D eigenvalue weighted by Crippen LogP contribution is -2.07. The number of nitrogen functional groups attached to an aromatic ring is 1. The molecule has 0 radical (unpaired) electrons. The number of anilines is 1. The van der Waals surface area contributed by atoms with Gasteiger partial charge < -0.3 is 10.5 Å². The van der Waals surface area contributed by atoms with Gasteiger partial charge in [0.1, 0.15) is 5.75 Å². The average Bonchev–Trinajstić information content (AvgIpc) is 2.38. The lowest BCUT2D eigenvalue weighted by atomic mass is 10.2. The molecule has 20 heavy (non-hydrogen) atoms. The van der Waals surface area contributed by atoms with E-state index in [1.54, 1.807) is 56.5 Å². The maximum absolute atomic E-state index is 12.4. The molecule has 0 aromatic heterocycles. The molecule has 2 aromatic carbocycles. The fourth-order valence-corrected chi connectivity index (χ4v) is 3.65. The van der Waals surface area contributed by atoms with Crippen LogP contribution in [0, 0.1) is 6.92 Å². The Morgan fingerprint density at radius 2 is 1.75 bits per heavy atom. The quantitative estimate of drug-likeness (QED) is 0.879. The SMILES string of the molecule is COc1ccc(CS(=O)(=O)c2ccc(N)cc2C)cc1. The standard InChI is InChI=1S/C15H17NO3S/c1-11-9-13(16)5-8-15(11)20(17,18)10-12-3-6-14(19-2)7-4-12/h3-9H,10,16H2,1-2H3. The van der Waals surface area contributed by atoms with E-state index in [0.29, 0.717) is 21.9 Å². The monoisotopic (exact) mass is 291 g/mol. The maximum atomic E-state index is 12.4. The van der Waals surface area contributed by atoms with Gasteiger partial charge in [0.25, 0.3) is 0 Å². The van der Waals surface area contributed by atoms with Crippen molar-refractivity contribution in [1.29, 1.82) is 0 Å². The fraction of sp³-hybridized carbons (Fsp3) is 0.200. The van der Waals surface area contributed by atoms with Crippen LogP contribution in [0.2, 0.25) is 0 Å². The maximum Gasteiger partial charge on any atom is 0.182 e. The predicted molar refractivity (Wildman–Crippen MR) is 79.5 cm³/mol. The van der Waals surface area contributed by atoms with E-state index in [-0.39, 0.29) is 5.75 Å². The van der Waals surface area contributed by atoms with Crippen LogP contribution in [0.25, 0.3) is 0 Å². The molecule has 2 aromatic rings. The third-order valence-electron chi connectivity index (χ3n) is 3.05. The molecule has 0 heterocycles. The number of ether oxygens (including phenoxy) is 1. The zero-order valence-electron chi connectivity index (χ0n) is 11.5. The van der Waals surface area contributed by atoms with Crippen molar-refractivity contribution in [3.63, 3.8) is 0 Å². The molecule has 0 spiro atoms. The third kappa shape index (κ3) is 3.11. The Bertz CT molecular complexity index is 706. The Kier molecular flexibility index (Phi) is 3.99. The zero-order valence-corrected chi connectivity index (χ0v) is 12.3. The van der Waals surface area contributed by atoms with Crippen molar-refractivity contribution >= 4 is 15.5 Å². The molecule has 2 rings (SSSR count). The lowest BCUT2D eigenvalue weighted by Gasteiger charge is -2.09. The zero-order chi connectivity index (χ0) is 14.8. The van der Waals surface area contributed by atoms with Crippen LogP contribution >= 0.6 is 0 Å². The van der Waals surface area contributed by atoms with E-state index in [1.165, 1.54) is 0 Å². The van der Waals surface area contributed by atoms with E-state index >= 15 is 0 Å². The topological polar surface area (TPSA) is 69.4 Å². The fourth-order valence-electron chi connectivity index (χ4n) is 2.04.